The number of hydrogen-bond acceptors (Lipinski definition) is 9. The molecule has 1 unspecified atom stereocenters. The standard InChI is InChI=1S/C48H54F2N8O7/c1-26(2)39(56-47(62)64-4)44(60)58-34-14-13-33(21-34)40(58)42-52-23-36(54-42)28-7-5-27(6-8-28)29-9-10-31-20-32(12-11-30(31)19-29)37-24-51-41(53-37)38-22-48(16-17-48)25-57(38)43(59)35(55-46(61)63-3)15-18-65-45(49)50/h5-12,19-20,23-24,26,33-35,38-40,45H,13-18,21-22,25H2,1-4H3,(H,51,53)(H,52,54)(H,55,61)(H,56,62)/t33-,34+,35?,38-,39-,40-/m0/s1. The predicted molar refractivity (Wildman–Crippen MR) is 236 cm³/mol. The Morgan fingerprint density at radius 1 is 0.800 bits per heavy atom. The lowest BCUT2D eigenvalue weighted by molar-refractivity contribution is -0.141. The number of fused-ring (bicyclic) bond motifs is 3. The van der Waals surface area contributed by atoms with Gasteiger partial charge in [0.25, 0.3) is 0 Å². The number of nitrogens with one attached hydrogen (secondary N) is 4. The van der Waals surface area contributed by atoms with E-state index in [1.54, 1.807) is 11.1 Å². The van der Waals surface area contributed by atoms with E-state index in [-0.39, 0.29) is 41.8 Å². The first-order chi connectivity index (χ1) is 31.3. The number of ether oxygens (including phenoxy) is 3. The number of methoxy groups -OCH3 is 2. The van der Waals surface area contributed by atoms with Gasteiger partial charge in [-0.2, -0.15) is 8.78 Å². The summed E-state index contributed by atoms with van der Waals surface area (Å²) < 4.78 is 39.5. The van der Waals surface area contributed by atoms with Crippen LogP contribution < -0.4 is 10.6 Å². The van der Waals surface area contributed by atoms with Crippen LogP contribution in [-0.2, 0) is 23.8 Å². The van der Waals surface area contributed by atoms with Gasteiger partial charge in [0.05, 0.1) is 56.7 Å². The van der Waals surface area contributed by atoms with Crippen LogP contribution in [0.25, 0.3) is 44.4 Å². The smallest absolute Gasteiger partial charge is 0.407 e. The molecule has 4 amide bonds. The molecule has 3 aromatic carbocycles. The molecule has 2 bridgehead atoms. The van der Waals surface area contributed by atoms with Crippen LogP contribution in [0.3, 0.4) is 0 Å². The highest BCUT2D eigenvalue weighted by Crippen LogP contribution is 2.58. The fourth-order valence-electron chi connectivity index (χ4n) is 10.2. The summed E-state index contributed by atoms with van der Waals surface area (Å²) in [5, 5.41) is 7.35. The fraction of sp³-hybridized carbons (Fsp3) is 0.458. The van der Waals surface area contributed by atoms with Gasteiger partial charge in [-0.3, -0.25) is 9.59 Å². The van der Waals surface area contributed by atoms with Crippen LogP contribution in [0.15, 0.2) is 73.1 Å². The molecular formula is C48H54F2N8O7. The molecule has 0 radical (unpaired) electrons. The van der Waals surface area contributed by atoms with Gasteiger partial charge in [-0.05, 0) is 95.4 Å². The second-order valence-corrected chi connectivity index (χ2v) is 18.3. The van der Waals surface area contributed by atoms with Crippen molar-refractivity contribution in [3.05, 3.63) is 84.7 Å². The van der Waals surface area contributed by atoms with Crippen molar-refractivity contribution in [1.82, 2.24) is 40.4 Å². The van der Waals surface area contributed by atoms with E-state index < -0.39 is 43.4 Å². The first-order valence-corrected chi connectivity index (χ1v) is 22.3. The van der Waals surface area contributed by atoms with Crippen LogP contribution in [0.5, 0.6) is 0 Å². The SMILES string of the molecule is COC(=O)NC(CCOC(F)F)C(=O)N1CC2(CC2)C[C@H]1c1ncc(-c2ccc3cc(-c4ccc(-c5cnc([C@@H]6[C@H]7CC[C@H](C7)N6C(=O)[C@@H](NC(=O)OC)C(C)C)[nH]5)cc4)ccc3c2)[nH]1. The van der Waals surface area contributed by atoms with Gasteiger partial charge in [-0.1, -0.05) is 62.4 Å². The van der Waals surface area contributed by atoms with Gasteiger partial charge < -0.3 is 44.6 Å². The summed E-state index contributed by atoms with van der Waals surface area (Å²) in [5.74, 6) is 1.05. The number of piperidine rings is 1. The van der Waals surface area contributed by atoms with Crippen molar-refractivity contribution in [2.75, 3.05) is 27.4 Å². The number of alkyl halides is 2. The van der Waals surface area contributed by atoms with Crippen molar-refractivity contribution < 1.29 is 42.2 Å². The van der Waals surface area contributed by atoms with Gasteiger partial charge in [0.2, 0.25) is 11.8 Å². The molecule has 2 saturated heterocycles. The van der Waals surface area contributed by atoms with Gasteiger partial charge in [-0.25, -0.2) is 19.6 Å². The van der Waals surface area contributed by atoms with E-state index in [0.29, 0.717) is 24.7 Å². The molecule has 2 saturated carbocycles. The number of H-pyrrole nitrogens is 2. The van der Waals surface area contributed by atoms with Crippen LogP contribution in [0, 0.1) is 17.3 Å². The van der Waals surface area contributed by atoms with Gasteiger partial charge >= 0.3 is 18.8 Å². The maximum absolute atomic E-state index is 14.0. The molecule has 2 aliphatic heterocycles. The van der Waals surface area contributed by atoms with Gasteiger partial charge in [0.15, 0.2) is 0 Å². The number of hydrogen-bond donors (Lipinski definition) is 4. The quantitative estimate of drug-likeness (QED) is 0.0855. The molecule has 5 aromatic rings. The molecule has 342 valence electrons. The number of halogens is 2. The molecule has 4 aliphatic rings. The monoisotopic (exact) mass is 892 g/mol. The molecule has 9 rings (SSSR count). The third-order valence-corrected chi connectivity index (χ3v) is 13.9. The lowest BCUT2D eigenvalue weighted by Crippen LogP contribution is -2.54. The summed E-state index contributed by atoms with van der Waals surface area (Å²) in [6.45, 7) is 0.912. The highest BCUT2D eigenvalue weighted by atomic mass is 19.3. The van der Waals surface area contributed by atoms with E-state index in [1.807, 2.05) is 31.0 Å². The number of carbonyl (C=O) groups is 4. The number of aromatic nitrogens is 4. The van der Waals surface area contributed by atoms with Crippen molar-refractivity contribution >= 4 is 34.8 Å². The van der Waals surface area contributed by atoms with Crippen LogP contribution in [0.4, 0.5) is 18.4 Å². The first kappa shape index (κ1) is 43.9. The van der Waals surface area contributed by atoms with Crippen molar-refractivity contribution in [3.63, 3.8) is 0 Å². The first-order valence-electron chi connectivity index (χ1n) is 22.3. The zero-order valence-corrected chi connectivity index (χ0v) is 36.8. The van der Waals surface area contributed by atoms with E-state index in [4.69, 9.17) is 19.4 Å². The predicted octanol–water partition coefficient (Wildman–Crippen LogP) is 8.13. The minimum atomic E-state index is -2.99. The molecule has 6 atom stereocenters. The summed E-state index contributed by atoms with van der Waals surface area (Å²) in [5.41, 5.74) is 5.63. The highest BCUT2D eigenvalue weighted by Gasteiger charge is 2.55. The van der Waals surface area contributed by atoms with Gasteiger partial charge in [-0.15, -0.1) is 0 Å². The number of benzene rings is 3. The van der Waals surface area contributed by atoms with Gasteiger partial charge in [0, 0.05) is 24.6 Å². The third-order valence-electron chi connectivity index (χ3n) is 13.9. The summed E-state index contributed by atoms with van der Waals surface area (Å²) >= 11 is 0. The molecule has 2 aromatic heterocycles. The number of rotatable bonds is 14. The second-order valence-electron chi connectivity index (χ2n) is 18.3. The lowest BCUT2D eigenvalue weighted by Gasteiger charge is -2.37. The second kappa shape index (κ2) is 17.9. The van der Waals surface area contributed by atoms with E-state index in [2.05, 4.69) is 79.9 Å². The molecule has 2 aliphatic carbocycles. The highest BCUT2D eigenvalue weighted by molar-refractivity contribution is 5.91. The summed E-state index contributed by atoms with van der Waals surface area (Å²) in [6, 6.07) is 18.6. The van der Waals surface area contributed by atoms with Crippen molar-refractivity contribution in [3.8, 4) is 33.6 Å². The normalized spacial score (nSPS) is 21.6. The van der Waals surface area contributed by atoms with Crippen molar-refractivity contribution in [2.24, 2.45) is 17.3 Å². The summed E-state index contributed by atoms with van der Waals surface area (Å²) in [7, 11) is 2.47. The number of imidazole rings is 2. The Hall–Kier alpha value is -6.36. The van der Waals surface area contributed by atoms with E-state index >= 15 is 0 Å². The zero-order chi connectivity index (χ0) is 45.6. The zero-order valence-electron chi connectivity index (χ0n) is 36.8. The number of carbonyl (C=O) groups excluding carboxylic acids is 4. The van der Waals surface area contributed by atoms with Crippen LogP contribution in [0.1, 0.15) is 82.5 Å². The lowest BCUT2D eigenvalue weighted by atomic mass is 9.95. The summed E-state index contributed by atoms with van der Waals surface area (Å²) in [4.78, 5) is 72.3. The van der Waals surface area contributed by atoms with E-state index in [9.17, 15) is 28.0 Å². The maximum Gasteiger partial charge on any atom is 0.407 e. The molecule has 4 fully saturated rings. The molecule has 1 spiro atoms. The Morgan fingerprint density at radius 2 is 1.42 bits per heavy atom. The number of likely N-dealkylation sites (tertiary alicyclic amines) is 2. The van der Waals surface area contributed by atoms with Crippen molar-refractivity contribution in [1.29, 1.82) is 0 Å². The molecule has 4 N–H and O–H groups in total. The molecular weight excluding hydrogens is 839 g/mol. The Labute approximate surface area is 375 Å². The molecule has 17 heteroatoms. The Morgan fingerprint density at radius 3 is 2.09 bits per heavy atom. The molecule has 4 heterocycles. The fourth-order valence-corrected chi connectivity index (χ4v) is 10.2. The number of aromatic amines is 2. The number of nitrogens with zero attached hydrogens (tertiary/aromatic N) is 4. The van der Waals surface area contributed by atoms with Gasteiger partial charge in [0.1, 0.15) is 23.7 Å². The minimum Gasteiger partial charge on any atom is -0.453 e. The number of amides is 4. The Balaban J connectivity index is 0.884. The Kier molecular flexibility index (Phi) is 12.1. The van der Waals surface area contributed by atoms with E-state index in [1.165, 1.54) is 14.2 Å². The molecule has 65 heavy (non-hydrogen) atoms. The summed E-state index contributed by atoms with van der Waals surface area (Å²) in [6.07, 6.45) is 7.51. The molecule has 15 nitrogen and oxygen atoms in total. The topological polar surface area (TPSA) is 184 Å². The average molecular weight is 893 g/mol. The number of alkyl carbamates (subject to hydrolysis) is 2. The average Bonchev–Trinajstić information content (AvgIpc) is 3.94. The Bertz CT molecular complexity index is 2570. The van der Waals surface area contributed by atoms with Crippen molar-refractivity contribution in [2.45, 2.75) is 95.6 Å². The van der Waals surface area contributed by atoms with E-state index in [0.717, 1.165) is 82.3 Å². The van der Waals surface area contributed by atoms with Crippen LogP contribution in [0.2, 0.25) is 0 Å². The van der Waals surface area contributed by atoms with Crippen LogP contribution >= 0.6 is 0 Å². The van der Waals surface area contributed by atoms with Crippen LogP contribution in [-0.4, -0.2) is 106 Å². The maximum atomic E-state index is 14.0. The largest absolute Gasteiger partial charge is 0.453 e. The minimum absolute atomic E-state index is 0.0304. The third kappa shape index (κ3) is 8.89.